The summed E-state index contributed by atoms with van der Waals surface area (Å²) in [7, 11) is 0. The van der Waals surface area contributed by atoms with Crippen LogP contribution in [0.15, 0.2) is 12.3 Å². The Morgan fingerprint density at radius 3 is 3.08 bits per heavy atom. The SMILES string of the molecule is CC1(C)CCn2nccc2C1=O. The maximum Gasteiger partial charge on any atom is 0.186 e. The smallest absolute Gasteiger partial charge is 0.186 e. The predicted octanol–water partition coefficient (Wildman–Crippen LogP) is 1.50. The highest BCUT2D eigenvalue weighted by atomic mass is 16.1. The predicted molar refractivity (Wildman–Crippen MR) is 45.0 cm³/mol. The first-order valence-electron chi connectivity index (χ1n) is 4.18. The molecule has 2 heterocycles. The number of ketones is 1. The Morgan fingerprint density at radius 1 is 1.58 bits per heavy atom. The lowest BCUT2D eigenvalue weighted by Gasteiger charge is -2.28. The molecule has 0 amide bonds. The Kier molecular flexibility index (Phi) is 1.37. The number of rotatable bonds is 0. The Labute approximate surface area is 71.4 Å². The Morgan fingerprint density at radius 2 is 2.33 bits per heavy atom. The van der Waals surface area contributed by atoms with Crippen LogP contribution in [0.3, 0.4) is 0 Å². The first-order chi connectivity index (χ1) is 5.61. The van der Waals surface area contributed by atoms with Crippen LogP contribution in [0.2, 0.25) is 0 Å². The van der Waals surface area contributed by atoms with Crippen molar-refractivity contribution >= 4 is 5.78 Å². The van der Waals surface area contributed by atoms with Gasteiger partial charge in [-0.05, 0) is 12.5 Å². The Hall–Kier alpha value is -1.12. The summed E-state index contributed by atoms with van der Waals surface area (Å²) in [5, 5.41) is 4.07. The minimum Gasteiger partial charge on any atom is -0.292 e. The molecule has 3 heteroatoms. The molecule has 1 aliphatic rings. The molecule has 1 aliphatic heterocycles. The number of aromatic nitrogens is 2. The van der Waals surface area contributed by atoms with Crippen LogP contribution in [-0.4, -0.2) is 15.6 Å². The summed E-state index contributed by atoms with van der Waals surface area (Å²) < 4.78 is 1.79. The third kappa shape index (κ3) is 0.891. The molecular formula is C9H12N2O. The van der Waals surface area contributed by atoms with Crippen LogP contribution < -0.4 is 0 Å². The molecule has 1 aromatic heterocycles. The van der Waals surface area contributed by atoms with Crippen LogP contribution in [-0.2, 0) is 6.54 Å². The normalized spacial score (nSPS) is 20.7. The van der Waals surface area contributed by atoms with Crippen molar-refractivity contribution < 1.29 is 4.79 Å². The summed E-state index contributed by atoms with van der Waals surface area (Å²) in [6, 6.07) is 1.79. The molecule has 1 aromatic rings. The molecule has 0 aromatic carbocycles. The van der Waals surface area contributed by atoms with E-state index in [1.807, 2.05) is 13.8 Å². The molecule has 0 spiro atoms. The molecule has 0 radical (unpaired) electrons. The summed E-state index contributed by atoms with van der Waals surface area (Å²) >= 11 is 0. The second-order valence-corrected chi connectivity index (χ2v) is 3.90. The minimum atomic E-state index is -0.198. The van der Waals surface area contributed by atoms with E-state index >= 15 is 0 Å². The number of Topliss-reactive ketones (excluding diaryl/α,β-unsaturated/α-hetero) is 1. The Balaban J connectivity index is 2.49. The summed E-state index contributed by atoms with van der Waals surface area (Å²) in [6.07, 6.45) is 2.58. The molecule has 2 rings (SSSR count). The van der Waals surface area contributed by atoms with Gasteiger partial charge in [-0.15, -0.1) is 0 Å². The fraction of sp³-hybridized carbons (Fsp3) is 0.556. The molecule has 0 bridgehead atoms. The zero-order valence-electron chi connectivity index (χ0n) is 7.37. The van der Waals surface area contributed by atoms with E-state index in [1.165, 1.54) is 0 Å². The summed E-state index contributed by atoms with van der Waals surface area (Å²) in [4.78, 5) is 11.7. The van der Waals surface area contributed by atoms with Gasteiger partial charge in [0.1, 0.15) is 5.69 Å². The molecular weight excluding hydrogens is 152 g/mol. The van der Waals surface area contributed by atoms with Gasteiger partial charge in [-0.3, -0.25) is 9.48 Å². The Bertz CT molecular complexity index is 325. The van der Waals surface area contributed by atoms with Crippen LogP contribution in [0.1, 0.15) is 30.8 Å². The van der Waals surface area contributed by atoms with E-state index in [-0.39, 0.29) is 11.2 Å². The zero-order chi connectivity index (χ0) is 8.77. The highest BCUT2D eigenvalue weighted by molar-refractivity contribution is 5.99. The van der Waals surface area contributed by atoms with Gasteiger partial charge in [0.05, 0.1) is 0 Å². The fourth-order valence-corrected chi connectivity index (χ4v) is 1.55. The van der Waals surface area contributed by atoms with Gasteiger partial charge in [0, 0.05) is 18.2 Å². The molecule has 0 saturated heterocycles. The number of carbonyl (C=O) groups excluding carboxylic acids is 1. The van der Waals surface area contributed by atoms with Gasteiger partial charge in [-0.25, -0.2) is 0 Å². The van der Waals surface area contributed by atoms with Gasteiger partial charge < -0.3 is 0 Å². The van der Waals surface area contributed by atoms with Gasteiger partial charge in [-0.2, -0.15) is 5.10 Å². The summed E-state index contributed by atoms with van der Waals surface area (Å²) in [5.74, 6) is 0.214. The van der Waals surface area contributed by atoms with E-state index in [4.69, 9.17) is 0 Å². The minimum absolute atomic E-state index is 0.198. The molecule has 0 fully saturated rings. The largest absolute Gasteiger partial charge is 0.292 e. The van der Waals surface area contributed by atoms with E-state index < -0.39 is 0 Å². The molecule has 0 unspecified atom stereocenters. The van der Waals surface area contributed by atoms with Crippen molar-refractivity contribution in [3.8, 4) is 0 Å². The number of hydrogen-bond donors (Lipinski definition) is 0. The lowest BCUT2D eigenvalue weighted by molar-refractivity contribution is 0.0772. The zero-order valence-corrected chi connectivity index (χ0v) is 7.37. The van der Waals surface area contributed by atoms with Gasteiger partial charge >= 0.3 is 0 Å². The van der Waals surface area contributed by atoms with Crippen molar-refractivity contribution in [2.24, 2.45) is 5.41 Å². The topological polar surface area (TPSA) is 34.9 Å². The van der Waals surface area contributed by atoms with Gasteiger partial charge in [-0.1, -0.05) is 13.8 Å². The average molecular weight is 164 g/mol. The second kappa shape index (κ2) is 2.19. The van der Waals surface area contributed by atoms with E-state index in [9.17, 15) is 4.79 Å². The lowest BCUT2D eigenvalue weighted by atomic mass is 9.81. The standard InChI is InChI=1S/C9H12N2O/c1-9(2)4-6-11-7(8(9)12)3-5-10-11/h3,5H,4,6H2,1-2H3. The van der Waals surface area contributed by atoms with Crippen molar-refractivity contribution in [1.29, 1.82) is 0 Å². The molecule has 12 heavy (non-hydrogen) atoms. The van der Waals surface area contributed by atoms with Crippen LogP contribution in [0.5, 0.6) is 0 Å². The molecule has 0 N–H and O–H groups in total. The number of carbonyl (C=O) groups is 1. The van der Waals surface area contributed by atoms with Gasteiger partial charge in [0.15, 0.2) is 5.78 Å². The lowest BCUT2D eigenvalue weighted by Crippen LogP contribution is -2.33. The fourth-order valence-electron chi connectivity index (χ4n) is 1.55. The first kappa shape index (κ1) is 7.53. The van der Waals surface area contributed by atoms with Crippen molar-refractivity contribution in [1.82, 2.24) is 9.78 Å². The van der Waals surface area contributed by atoms with Crippen LogP contribution in [0.25, 0.3) is 0 Å². The van der Waals surface area contributed by atoms with E-state index in [0.29, 0.717) is 0 Å². The average Bonchev–Trinajstić information content (AvgIpc) is 2.45. The number of nitrogens with zero attached hydrogens (tertiary/aromatic N) is 2. The quantitative estimate of drug-likeness (QED) is 0.582. The van der Waals surface area contributed by atoms with Crippen molar-refractivity contribution in [2.75, 3.05) is 0 Å². The maximum atomic E-state index is 11.7. The number of aryl methyl sites for hydroxylation is 1. The molecule has 64 valence electrons. The van der Waals surface area contributed by atoms with E-state index in [0.717, 1.165) is 18.7 Å². The first-order valence-corrected chi connectivity index (χ1v) is 4.18. The van der Waals surface area contributed by atoms with Crippen molar-refractivity contribution in [2.45, 2.75) is 26.8 Å². The van der Waals surface area contributed by atoms with Gasteiger partial charge in [0.2, 0.25) is 0 Å². The number of hydrogen-bond acceptors (Lipinski definition) is 2. The number of fused-ring (bicyclic) bond motifs is 1. The van der Waals surface area contributed by atoms with Crippen LogP contribution in [0.4, 0.5) is 0 Å². The van der Waals surface area contributed by atoms with Crippen molar-refractivity contribution in [3.63, 3.8) is 0 Å². The van der Waals surface area contributed by atoms with Crippen molar-refractivity contribution in [3.05, 3.63) is 18.0 Å². The molecule has 0 saturated carbocycles. The van der Waals surface area contributed by atoms with Crippen LogP contribution in [0, 0.1) is 5.41 Å². The van der Waals surface area contributed by atoms with E-state index in [1.54, 1.807) is 16.9 Å². The van der Waals surface area contributed by atoms with E-state index in [2.05, 4.69) is 5.10 Å². The highest BCUT2D eigenvalue weighted by Crippen LogP contribution is 2.30. The van der Waals surface area contributed by atoms with Gasteiger partial charge in [0.25, 0.3) is 0 Å². The third-order valence-corrected chi connectivity index (χ3v) is 2.51. The molecule has 0 atom stereocenters. The third-order valence-electron chi connectivity index (χ3n) is 2.51. The highest BCUT2D eigenvalue weighted by Gasteiger charge is 2.34. The molecule has 0 aliphatic carbocycles. The summed E-state index contributed by atoms with van der Waals surface area (Å²) in [5.41, 5.74) is 0.557. The molecule has 3 nitrogen and oxygen atoms in total. The summed E-state index contributed by atoms with van der Waals surface area (Å²) in [6.45, 7) is 4.85. The monoisotopic (exact) mass is 164 g/mol. The van der Waals surface area contributed by atoms with Crippen LogP contribution >= 0.6 is 0 Å². The maximum absolute atomic E-state index is 11.7. The second-order valence-electron chi connectivity index (χ2n) is 3.90.